The third-order valence-corrected chi connectivity index (χ3v) is 4.18. The van der Waals surface area contributed by atoms with E-state index in [4.69, 9.17) is 4.74 Å². The summed E-state index contributed by atoms with van der Waals surface area (Å²) in [7, 11) is 0. The van der Waals surface area contributed by atoms with E-state index in [1.165, 1.54) is 0 Å². The highest BCUT2D eigenvalue weighted by molar-refractivity contribution is 5.88. The van der Waals surface area contributed by atoms with Crippen LogP contribution in [0.25, 0.3) is 0 Å². The van der Waals surface area contributed by atoms with Crippen LogP contribution in [0.4, 0.5) is 0 Å². The van der Waals surface area contributed by atoms with E-state index in [1.807, 2.05) is 75.4 Å². The van der Waals surface area contributed by atoms with Crippen molar-refractivity contribution in [3.05, 3.63) is 65.7 Å². The van der Waals surface area contributed by atoms with Crippen LogP contribution in [0.3, 0.4) is 0 Å². The van der Waals surface area contributed by atoms with Crippen molar-refractivity contribution in [3.8, 4) is 5.75 Å². The van der Waals surface area contributed by atoms with Gasteiger partial charge in [-0.15, -0.1) is 0 Å². The van der Waals surface area contributed by atoms with Crippen molar-refractivity contribution in [1.82, 2.24) is 10.2 Å². The van der Waals surface area contributed by atoms with Crippen LogP contribution in [0.2, 0.25) is 0 Å². The Morgan fingerprint density at radius 1 is 1.00 bits per heavy atom. The number of nitrogens with one attached hydrogen (secondary N) is 1. The Labute approximate surface area is 161 Å². The van der Waals surface area contributed by atoms with E-state index in [1.54, 1.807) is 11.8 Å². The number of carbonyl (C=O) groups excluding carboxylic acids is 2. The number of rotatable bonds is 8. The van der Waals surface area contributed by atoms with E-state index >= 15 is 0 Å². The van der Waals surface area contributed by atoms with E-state index in [-0.39, 0.29) is 24.5 Å². The summed E-state index contributed by atoms with van der Waals surface area (Å²) >= 11 is 0. The zero-order valence-corrected chi connectivity index (χ0v) is 16.4. The maximum atomic E-state index is 12.8. The molecule has 0 fully saturated rings. The third-order valence-electron chi connectivity index (χ3n) is 4.18. The quantitative estimate of drug-likeness (QED) is 0.778. The van der Waals surface area contributed by atoms with Crippen LogP contribution in [0.5, 0.6) is 5.75 Å². The van der Waals surface area contributed by atoms with Gasteiger partial charge in [-0.25, -0.2) is 0 Å². The number of nitrogens with zero attached hydrogens (tertiary/aromatic N) is 1. The molecule has 0 saturated heterocycles. The molecule has 0 bridgehead atoms. The molecule has 2 amide bonds. The molecule has 1 atom stereocenters. The Kier molecular flexibility index (Phi) is 7.41. The Morgan fingerprint density at radius 3 is 2.22 bits per heavy atom. The molecule has 1 unspecified atom stereocenters. The lowest BCUT2D eigenvalue weighted by Gasteiger charge is -2.29. The number of amides is 2. The average Bonchev–Trinajstić information content (AvgIpc) is 2.65. The predicted molar refractivity (Wildman–Crippen MR) is 106 cm³/mol. The Hall–Kier alpha value is -2.82. The average molecular weight is 368 g/mol. The standard InChI is InChI=1S/C22H28N2O3/c1-16(2)23-22(26)18(4)24(14-19-8-6-5-7-9-19)21(25)15-27-20-12-10-17(3)11-13-20/h5-13,16,18H,14-15H2,1-4H3,(H,23,26). The lowest BCUT2D eigenvalue weighted by atomic mass is 10.1. The molecule has 2 aromatic carbocycles. The van der Waals surface area contributed by atoms with Crippen LogP contribution in [-0.4, -0.2) is 35.4 Å². The normalized spacial score (nSPS) is 11.7. The van der Waals surface area contributed by atoms with Gasteiger partial charge < -0.3 is 15.0 Å². The van der Waals surface area contributed by atoms with E-state index < -0.39 is 6.04 Å². The molecule has 0 radical (unpaired) electrons. The number of carbonyl (C=O) groups is 2. The van der Waals surface area contributed by atoms with Crippen LogP contribution in [0.1, 0.15) is 31.9 Å². The van der Waals surface area contributed by atoms with E-state index in [0.29, 0.717) is 12.3 Å². The van der Waals surface area contributed by atoms with Crippen molar-refractivity contribution in [2.75, 3.05) is 6.61 Å². The van der Waals surface area contributed by atoms with E-state index in [0.717, 1.165) is 11.1 Å². The smallest absolute Gasteiger partial charge is 0.261 e. The summed E-state index contributed by atoms with van der Waals surface area (Å²) in [5.74, 6) is 0.225. The van der Waals surface area contributed by atoms with Crippen molar-refractivity contribution >= 4 is 11.8 Å². The fourth-order valence-electron chi connectivity index (χ4n) is 2.63. The minimum absolute atomic E-state index is 0.0115. The molecule has 1 N–H and O–H groups in total. The highest BCUT2D eigenvalue weighted by Gasteiger charge is 2.26. The van der Waals surface area contributed by atoms with Gasteiger partial charge in [-0.1, -0.05) is 48.0 Å². The van der Waals surface area contributed by atoms with Crippen LogP contribution in [-0.2, 0) is 16.1 Å². The Morgan fingerprint density at radius 2 is 1.63 bits per heavy atom. The monoisotopic (exact) mass is 368 g/mol. The first kappa shape index (κ1) is 20.5. The predicted octanol–water partition coefficient (Wildman–Crippen LogP) is 3.32. The molecule has 5 heteroatoms. The SMILES string of the molecule is Cc1ccc(OCC(=O)N(Cc2ccccc2)C(C)C(=O)NC(C)C)cc1. The second-order valence-corrected chi connectivity index (χ2v) is 6.95. The van der Waals surface area contributed by atoms with Gasteiger partial charge in [0.05, 0.1) is 0 Å². The molecule has 0 aliphatic carbocycles. The second kappa shape index (κ2) is 9.76. The van der Waals surface area contributed by atoms with Crippen molar-refractivity contribution < 1.29 is 14.3 Å². The third kappa shape index (κ3) is 6.44. The fourth-order valence-corrected chi connectivity index (χ4v) is 2.63. The second-order valence-electron chi connectivity index (χ2n) is 6.95. The van der Waals surface area contributed by atoms with Gasteiger partial charge in [0.15, 0.2) is 6.61 Å². The number of hydrogen-bond acceptors (Lipinski definition) is 3. The number of aryl methyl sites for hydroxylation is 1. The van der Waals surface area contributed by atoms with Crippen molar-refractivity contribution in [2.24, 2.45) is 0 Å². The van der Waals surface area contributed by atoms with Gasteiger partial charge >= 0.3 is 0 Å². The van der Waals surface area contributed by atoms with Gasteiger partial charge in [-0.3, -0.25) is 9.59 Å². The summed E-state index contributed by atoms with van der Waals surface area (Å²) < 4.78 is 5.63. The minimum atomic E-state index is -0.596. The molecular weight excluding hydrogens is 340 g/mol. The first-order valence-corrected chi connectivity index (χ1v) is 9.20. The molecule has 0 spiro atoms. The number of hydrogen-bond donors (Lipinski definition) is 1. The Bertz CT molecular complexity index is 742. The molecule has 144 valence electrons. The van der Waals surface area contributed by atoms with Gasteiger partial charge in [0, 0.05) is 12.6 Å². The van der Waals surface area contributed by atoms with E-state index in [9.17, 15) is 9.59 Å². The molecule has 5 nitrogen and oxygen atoms in total. The molecule has 0 aliphatic heterocycles. The van der Waals surface area contributed by atoms with Crippen molar-refractivity contribution in [1.29, 1.82) is 0 Å². The fraction of sp³-hybridized carbons (Fsp3) is 0.364. The summed E-state index contributed by atoms with van der Waals surface area (Å²) in [5.41, 5.74) is 2.09. The highest BCUT2D eigenvalue weighted by atomic mass is 16.5. The number of benzene rings is 2. The molecule has 0 aromatic heterocycles. The minimum Gasteiger partial charge on any atom is -0.484 e. The van der Waals surface area contributed by atoms with Gasteiger partial charge in [0.1, 0.15) is 11.8 Å². The molecule has 2 rings (SSSR count). The zero-order chi connectivity index (χ0) is 19.8. The van der Waals surface area contributed by atoms with Gasteiger partial charge in [-0.05, 0) is 45.4 Å². The highest BCUT2D eigenvalue weighted by Crippen LogP contribution is 2.14. The van der Waals surface area contributed by atoms with Gasteiger partial charge in [0.25, 0.3) is 5.91 Å². The van der Waals surface area contributed by atoms with Crippen molar-refractivity contribution in [3.63, 3.8) is 0 Å². The molecule has 0 heterocycles. The number of ether oxygens (including phenoxy) is 1. The van der Waals surface area contributed by atoms with Crippen LogP contribution >= 0.6 is 0 Å². The maximum absolute atomic E-state index is 12.8. The first-order valence-electron chi connectivity index (χ1n) is 9.20. The van der Waals surface area contributed by atoms with Gasteiger partial charge in [0.2, 0.25) is 5.91 Å². The summed E-state index contributed by atoms with van der Waals surface area (Å²) in [4.78, 5) is 26.9. The molecular formula is C22H28N2O3. The lowest BCUT2D eigenvalue weighted by molar-refractivity contribution is -0.142. The van der Waals surface area contributed by atoms with Crippen LogP contribution < -0.4 is 10.1 Å². The molecule has 27 heavy (non-hydrogen) atoms. The first-order chi connectivity index (χ1) is 12.9. The van der Waals surface area contributed by atoms with Crippen LogP contribution in [0, 0.1) is 6.92 Å². The topological polar surface area (TPSA) is 58.6 Å². The summed E-state index contributed by atoms with van der Waals surface area (Å²) in [6.45, 7) is 7.76. The van der Waals surface area contributed by atoms with Gasteiger partial charge in [-0.2, -0.15) is 0 Å². The van der Waals surface area contributed by atoms with Crippen LogP contribution in [0.15, 0.2) is 54.6 Å². The van der Waals surface area contributed by atoms with E-state index in [2.05, 4.69) is 5.32 Å². The zero-order valence-electron chi connectivity index (χ0n) is 16.4. The summed E-state index contributed by atoms with van der Waals surface area (Å²) in [6, 6.07) is 16.6. The molecule has 0 aliphatic rings. The molecule has 2 aromatic rings. The molecule has 0 saturated carbocycles. The van der Waals surface area contributed by atoms with Crippen molar-refractivity contribution in [2.45, 2.75) is 46.3 Å². The maximum Gasteiger partial charge on any atom is 0.261 e. The largest absolute Gasteiger partial charge is 0.484 e. The summed E-state index contributed by atoms with van der Waals surface area (Å²) in [6.07, 6.45) is 0. The lowest BCUT2D eigenvalue weighted by Crippen LogP contribution is -2.50. The summed E-state index contributed by atoms with van der Waals surface area (Å²) in [5, 5.41) is 2.87. The Balaban J connectivity index is 2.10.